The van der Waals surface area contributed by atoms with Crippen LogP contribution in [0.4, 0.5) is 0 Å². The van der Waals surface area contributed by atoms with E-state index in [1.807, 2.05) is 0 Å². The SMILES string of the molecule is [2H]C([2H])([2H])C(=O)O[C@H]1C[C@@H]2CC[C@@H]3[C@H](CC[C@@]4(C)[C@H]3C[C@H]([N+]3(CC=C)CCCC3)[C@@H]4OC(C)=O)[C@@]2(C)C[C@@H]1N1CCOCC1. The highest BCUT2D eigenvalue weighted by atomic mass is 16.5. The summed E-state index contributed by atoms with van der Waals surface area (Å²) in [6.45, 7) is 14.0. The van der Waals surface area contributed by atoms with Crippen LogP contribution in [0, 0.1) is 34.5 Å². The van der Waals surface area contributed by atoms with Crippen LogP contribution >= 0.6 is 0 Å². The van der Waals surface area contributed by atoms with Crippen molar-refractivity contribution in [2.75, 3.05) is 45.9 Å². The van der Waals surface area contributed by atoms with Gasteiger partial charge in [0.2, 0.25) is 0 Å². The molecule has 41 heavy (non-hydrogen) atoms. The Bertz CT molecular complexity index is 1100. The topological polar surface area (TPSA) is 65.1 Å². The maximum atomic E-state index is 12.6. The lowest BCUT2D eigenvalue weighted by atomic mass is 9.44. The van der Waals surface area contributed by atoms with Crippen LogP contribution in [-0.4, -0.2) is 91.6 Å². The second kappa shape index (κ2) is 11.2. The maximum absolute atomic E-state index is 12.6. The van der Waals surface area contributed by atoms with Crippen LogP contribution in [0.15, 0.2) is 12.7 Å². The van der Waals surface area contributed by atoms with Crippen molar-refractivity contribution >= 4 is 11.9 Å². The second-order valence-electron chi connectivity index (χ2n) is 15.0. The zero-order chi connectivity index (χ0) is 31.5. The first-order valence-corrected chi connectivity index (χ1v) is 16.5. The van der Waals surface area contributed by atoms with E-state index in [9.17, 15) is 9.59 Å². The monoisotopic (exact) mass is 574 g/mol. The molecule has 2 saturated heterocycles. The fraction of sp³-hybridized carbons (Fsp3) is 0.882. The van der Waals surface area contributed by atoms with Gasteiger partial charge in [-0.25, -0.2) is 0 Å². The molecule has 4 aliphatic carbocycles. The summed E-state index contributed by atoms with van der Waals surface area (Å²) in [6, 6.07) is 0.310. The highest BCUT2D eigenvalue weighted by Gasteiger charge is 2.67. The van der Waals surface area contributed by atoms with Crippen LogP contribution in [0.25, 0.3) is 0 Å². The Hall–Kier alpha value is -1.44. The van der Waals surface area contributed by atoms with Gasteiger partial charge >= 0.3 is 11.9 Å². The lowest BCUT2D eigenvalue weighted by Gasteiger charge is -2.62. The molecule has 6 aliphatic rings. The van der Waals surface area contributed by atoms with Crippen LogP contribution in [0.2, 0.25) is 0 Å². The molecule has 0 spiro atoms. The van der Waals surface area contributed by atoms with E-state index in [1.54, 1.807) is 6.92 Å². The van der Waals surface area contributed by atoms with Crippen LogP contribution < -0.4 is 0 Å². The molecule has 6 fully saturated rings. The van der Waals surface area contributed by atoms with Crippen molar-refractivity contribution in [1.29, 1.82) is 0 Å². The molecule has 0 aromatic heterocycles. The van der Waals surface area contributed by atoms with Crippen LogP contribution in [-0.2, 0) is 23.8 Å². The van der Waals surface area contributed by atoms with E-state index < -0.39 is 18.9 Å². The van der Waals surface area contributed by atoms with E-state index in [0.717, 1.165) is 82.2 Å². The second-order valence-corrected chi connectivity index (χ2v) is 15.0. The van der Waals surface area contributed by atoms with Gasteiger partial charge in [0.15, 0.2) is 6.10 Å². The fourth-order valence-electron chi connectivity index (χ4n) is 11.5. The molecule has 0 bridgehead atoms. The summed E-state index contributed by atoms with van der Waals surface area (Å²) in [6.07, 6.45) is 11.2. The Balaban J connectivity index is 1.30. The van der Waals surface area contributed by atoms with Crippen LogP contribution in [0.1, 0.15) is 89.5 Å². The van der Waals surface area contributed by atoms with E-state index in [4.69, 9.17) is 18.3 Å². The van der Waals surface area contributed by atoms with Gasteiger partial charge in [-0.05, 0) is 73.7 Å². The number of likely N-dealkylation sites (tertiary alicyclic amines) is 1. The Labute approximate surface area is 252 Å². The quantitative estimate of drug-likeness (QED) is 0.253. The van der Waals surface area contributed by atoms with Gasteiger partial charge in [-0.3, -0.25) is 14.5 Å². The number of rotatable bonds is 6. The molecule has 0 N–H and O–H groups in total. The number of hydrogen-bond donors (Lipinski definition) is 0. The standard InChI is InChI=1S/C34H55N2O5/c1-6-15-36(16-7-8-17-36)30-21-28-26-10-9-25-20-31(40-23(2)37)29(35-13-18-39-19-14-35)22-34(25,5)27(26)11-12-33(28,4)32(30)41-24(3)38/h6,25-32H,1,7-22H2,2-5H3/q+1/t25-,26+,27-,28-,29-,30-,31-,32-,33-,34-/m0/s1/i2D3. The molecule has 0 aromatic rings. The zero-order valence-corrected chi connectivity index (χ0v) is 25.7. The number of morpholine rings is 1. The number of esters is 2. The summed E-state index contributed by atoms with van der Waals surface area (Å²) in [5, 5.41) is 0. The third kappa shape index (κ3) is 5.00. The lowest BCUT2D eigenvalue weighted by Crippen LogP contribution is -2.62. The summed E-state index contributed by atoms with van der Waals surface area (Å²) >= 11 is 0. The average molecular weight is 575 g/mol. The first kappa shape index (κ1) is 26.0. The van der Waals surface area contributed by atoms with Gasteiger partial charge in [-0.1, -0.05) is 20.4 Å². The Morgan fingerprint density at radius 1 is 1.05 bits per heavy atom. The van der Waals surface area contributed by atoms with Gasteiger partial charge in [0.25, 0.3) is 0 Å². The smallest absolute Gasteiger partial charge is 0.303 e. The van der Waals surface area contributed by atoms with Crippen molar-refractivity contribution in [1.82, 2.24) is 4.90 Å². The van der Waals surface area contributed by atoms with E-state index >= 15 is 0 Å². The predicted molar refractivity (Wildman–Crippen MR) is 158 cm³/mol. The highest BCUT2D eigenvalue weighted by Crippen LogP contribution is 2.67. The first-order valence-electron chi connectivity index (χ1n) is 18.0. The molecular weight excluding hydrogens is 516 g/mol. The zero-order valence-electron chi connectivity index (χ0n) is 28.7. The van der Waals surface area contributed by atoms with Gasteiger partial charge in [0, 0.05) is 61.7 Å². The summed E-state index contributed by atoms with van der Waals surface area (Å²) in [5.74, 6) is 0.773. The summed E-state index contributed by atoms with van der Waals surface area (Å²) in [7, 11) is 0. The molecule has 7 heteroatoms. The molecular formula is C34H55N2O5+. The van der Waals surface area contributed by atoms with Gasteiger partial charge < -0.3 is 18.7 Å². The Morgan fingerprint density at radius 3 is 2.49 bits per heavy atom. The Kier molecular flexibility index (Phi) is 7.13. The van der Waals surface area contributed by atoms with Crippen molar-refractivity contribution in [3.05, 3.63) is 12.7 Å². The minimum atomic E-state index is -2.75. The number of nitrogens with zero attached hydrogens (tertiary/aromatic N) is 2. The maximum Gasteiger partial charge on any atom is 0.303 e. The first-order chi connectivity index (χ1) is 20.8. The number of ether oxygens (including phenoxy) is 3. The minimum Gasteiger partial charge on any atom is -0.461 e. The van der Waals surface area contributed by atoms with Crippen molar-refractivity contribution in [3.8, 4) is 0 Å². The van der Waals surface area contributed by atoms with Crippen LogP contribution in [0.3, 0.4) is 0 Å². The predicted octanol–water partition coefficient (Wildman–Crippen LogP) is 4.98. The lowest BCUT2D eigenvalue weighted by molar-refractivity contribution is -0.937. The number of fused-ring (bicyclic) bond motifs is 5. The summed E-state index contributed by atoms with van der Waals surface area (Å²) < 4.78 is 41.9. The molecule has 0 amide bonds. The number of carbonyl (C=O) groups is 2. The molecule has 6 rings (SSSR count). The van der Waals surface area contributed by atoms with Gasteiger partial charge in [0.1, 0.15) is 12.1 Å². The minimum absolute atomic E-state index is 0.00496. The van der Waals surface area contributed by atoms with Crippen molar-refractivity contribution in [3.63, 3.8) is 0 Å². The van der Waals surface area contributed by atoms with Crippen molar-refractivity contribution < 1.29 is 32.4 Å². The van der Waals surface area contributed by atoms with Gasteiger partial charge in [0.05, 0.1) is 32.8 Å². The van der Waals surface area contributed by atoms with Crippen molar-refractivity contribution in [2.45, 2.75) is 110 Å². The van der Waals surface area contributed by atoms with Gasteiger partial charge in [-0.2, -0.15) is 0 Å². The highest BCUT2D eigenvalue weighted by molar-refractivity contribution is 5.66. The molecule has 230 valence electrons. The molecule has 7 nitrogen and oxygen atoms in total. The molecule has 2 aliphatic heterocycles. The largest absolute Gasteiger partial charge is 0.461 e. The summed E-state index contributed by atoms with van der Waals surface area (Å²) in [5.41, 5.74) is 0.0396. The molecule has 0 aromatic carbocycles. The van der Waals surface area contributed by atoms with E-state index in [0.29, 0.717) is 42.9 Å². The average Bonchev–Trinajstić information content (AvgIpc) is 3.56. The molecule has 0 radical (unpaired) electrons. The van der Waals surface area contributed by atoms with E-state index in [2.05, 4.69) is 31.4 Å². The molecule has 10 atom stereocenters. The fourth-order valence-corrected chi connectivity index (χ4v) is 11.5. The number of hydrogen-bond acceptors (Lipinski definition) is 6. The van der Waals surface area contributed by atoms with Crippen LogP contribution in [0.5, 0.6) is 0 Å². The third-order valence-electron chi connectivity index (χ3n) is 13.3. The van der Waals surface area contributed by atoms with E-state index in [1.165, 1.54) is 12.8 Å². The normalized spacial score (nSPS) is 47.0. The number of carbonyl (C=O) groups excluding carboxylic acids is 2. The summed E-state index contributed by atoms with van der Waals surface area (Å²) in [4.78, 5) is 27.6. The Morgan fingerprint density at radius 2 is 1.80 bits per heavy atom. The third-order valence-corrected chi connectivity index (χ3v) is 13.3. The molecule has 0 unspecified atom stereocenters. The van der Waals surface area contributed by atoms with Crippen molar-refractivity contribution in [2.24, 2.45) is 34.5 Å². The van der Waals surface area contributed by atoms with Gasteiger partial charge in [-0.15, -0.1) is 0 Å². The number of quaternary nitrogens is 1. The molecule has 2 heterocycles. The van der Waals surface area contributed by atoms with E-state index in [-0.39, 0.29) is 28.9 Å². The molecule has 4 saturated carbocycles.